The lowest BCUT2D eigenvalue weighted by Gasteiger charge is -2.19. The minimum atomic E-state index is -0.281. The second-order valence-corrected chi connectivity index (χ2v) is 6.47. The summed E-state index contributed by atoms with van der Waals surface area (Å²) < 4.78 is 10.5. The average Bonchev–Trinajstić information content (AvgIpc) is 2.81. The molecule has 1 atom stereocenters. The van der Waals surface area contributed by atoms with Crippen molar-refractivity contribution in [3.63, 3.8) is 0 Å². The number of ether oxygens (including phenoxy) is 2. The van der Waals surface area contributed by atoms with Gasteiger partial charge < -0.3 is 14.8 Å². The highest BCUT2D eigenvalue weighted by Crippen LogP contribution is 2.24. The molecule has 1 amide bonds. The van der Waals surface area contributed by atoms with E-state index in [2.05, 4.69) is 5.32 Å². The summed E-state index contributed by atoms with van der Waals surface area (Å²) in [6, 6.07) is 26.3. The van der Waals surface area contributed by atoms with Crippen molar-refractivity contribution < 1.29 is 14.3 Å². The minimum Gasteiger partial charge on any atom is -0.497 e. The summed E-state index contributed by atoms with van der Waals surface area (Å²) in [7, 11) is 1.62. The summed E-state index contributed by atoms with van der Waals surface area (Å²) in [4.78, 5) is 12.6. The molecule has 0 spiro atoms. The fourth-order valence-corrected chi connectivity index (χ4v) is 2.95. The van der Waals surface area contributed by atoms with Gasteiger partial charge in [0.2, 0.25) is 5.91 Å². The van der Waals surface area contributed by atoms with E-state index >= 15 is 0 Å². The van der Waals surface area contributed by atoms with Crippen LogP contribution in [-0.2, 0) is 4.79 Å². The van der Waals surface area contributed by atoms with Crippen LogP contribution in [0.2, 0.25) is 0 Å². The first-order valence-electron chi connectivity index (χ1n) is 9.47. The van der Waals surface area contributed by atoms with Crippen LogP contribution in [0.25, 0.3) is 6.08 Å². The molecule has 0 fully saturated rings. The second-order valence-electron chi connectivity index (χ2n) is 6.47. The number of carbonyl (C=O) groups excluding carboxylic acids is 1. The van der Waals surface area contributed by atoms with E-state index in [1.165, 1.54) is 6.08 Å². The molecule has 5 nitrogen and oxygen atoms in total. The molecule has 0 aromatic heterocycles. The molecule has 5 heteroatoms. The number of carbonyl (C=O) groups is 1. The molecular formula is C25H22N2O3. The molecule has 0 aliphatic rings. The highest BCUT2D eigenvalue weighted by molar-refractivity contribution is 5.92. The molecule has 0 aliphatic heterocycles. The first-order chi connectivity index (χ1) is 14.7. The van der Waals surface area contributed by atoms with Crippen molar-refractivity contribution in [3.05, 3.63) is 102 Å². The highest BCUT2D eigenvalue weighted by Gasteiger charge is 2.15. The Morgan fingerprint density at radius 3 is 2.23 bits per heavy atom. The standard InChI is InChI=1S/C25H22N2O3/c1-29-22-14-10-21(11-15-22)25(20-5-3-2-4-6-20)27-24(28)16-9-19-7-12-23(13-8-19)30-18-17-26/h2-16,25H,18H2,1H3,(H,27,28)/b16-9+. The van der Waals surface area contributed by atoms with Crippen LogP contribution >= 0.6 is 0 Å². The third-order valence-corrected chi connectivity index (χ3v) is 4.48. The summed E-state index contributed by atoms with van der Waals surface area (Å²) in [5.74, 6) is 1.17. The number of benzene rings is 3. The van der Waals surface area contributed by atoms with E-state index in [1.807, 2.05) is 72.8 Å². The lowest BCUT2D eigenvalue weighted by Crippen LogP contribution is -2.27. The number of rotatable bonds is 8. The maximum atomic E-state index is 12.6. The second kappa shape index (κ2) is 10.5. The predicted molar refractivity (Wildman–Crippen MR) is 116 cm³/mol. The van der Waals surface area contributed by atoms with Crippen molar-refractivity contribution in [1.29, 1.82) is 5.26 Å². The van der Waals surface area contributed by atoms with Gasteiger partial charge in [-0.1, -0.05) is 54.6 Å². The van der Waals surface area contributed by atoms with E-state index in [0.29, 0.717) is 5.75 Å². The van der Waals surface area contributed by atoms with Crippen molar-refractivity contribution in [2.45, 2.75) is 6.04 Å². The van der Waals surface area contributed by atoms with Crippen LogP contribution in [0, 0.1) is 11.3 Å². The highest BCUT2D eigenvalue weighted by atomic mass is 16.5. The molecule has 0 saturated carbocycles. The van der Waals surface area contributed by atoms with Gasteiger partial charge in [-0.05, 0) is 47.0 Å². The zero-order valence-electron chi connectivity index (χ0n) is 16.6. The summed E-state index contributed by atoms with van der Waals surface area (Å²) in [5, 5.41) is 11.6. The SMILES string of the molecule is COc1ccc(C(NC(=O)/C=C/c2ccc(OCC#N)cc2)c2ccccc2)cc1. The van der Waals surface area contributed by atoms with Gasteiger partial charge in [0.05, 0.1) is 13.2 Å². The van der Waals surface area contributed by atoms with E-state index in [9.17, 15) is 4.79 Å². The fraction of sp³-hybridized carbons (Fsp3) is 0.120. The largest absolute Gasteiger partial charge is 0.497 e. The Hall–Kier alpha value is -4.04. The van der Waals surface area contributed by atoms with Gasteiger partial charge in [-0.2, -0.15) is 5.26 Å². The van der Waals surface area contributed by atoms with Gasteiger partial charge in [0.15, 0.2) is 6.61 Å². The Morgan fingerprint density at radius 1 is 0.967 bits per heavy atom. The third kappa shape index (κ3) is 5.73. The van der Waals surface area contributed by atoms with E-state index in [1.54, 1.807) is 25.3 Å². The molecule has 0 bridgehead atoms. The van der Waals surface area contributed by atoms with Crippen LogP contribution in [0.5, 0.6) is 11.5 Å². The van der Waals surface area contributed by atoms with Gasteiger partial charge in [0, 0.05) is 6.08 Å². The maximum Gasteiger partial charge on any atom is 0.244 e. The van der Waals surface area contributed by atoms with Crippen molar-refractivity contribution in [3.8, 4) is 17.6 Å². The minimum absolute atomic E-state index is 0.00380. The van der Waals surface area contributed by atoms with Gasteiger partial charge in [-0.15, -0.1) is 0 Å². The molecule has 30 heavy (non-hydrogen) atoms. The summed E-state index contributed by atoms with van der Waals surface area (Å²) in [6.07, 6.45) is 3.24. The molecule has 0 heterocycles. The van der Waals surface area contributed by atoms with Crippen LogP contribution < -0.4 is 14.8 Å². The third-order valence-electron chi connectivity index (χ3n) is 4.48. The van der Waals surface area contributed by atoms with Crippen LogP contribution in [0.4, 0.5) is 0 Å². The molecule has 0 radical (unpaired) electrons. The Balaban J connectivity index is 1.73. The molecule has 3 aromatic carbocycles. The summed E-state index contributed by atoms with van der Waals surface area (Å²) in [6.45, 7) is 0.00380. The monoisotopic (exact) mass is 398 g/mol. The normalized spacial score (nSPS) is 11.5. The Kier molecular flexibility index (Phi) is 7.23. The van der Waals surface area contributed by atoms with Crippen molar-refractivity contribution in [1.82, 2.24) is 5.32 Å². The first-order valence-corrected chi connectivity index (χ1v) is 9.47. The van der Waals surface area contributed by atoms with E-state index in [-0.39, 0.29) is 18.6 Å². The zero-order chi connectivity index (χ0) is 21.2. The predicted octanol–water partition coefficient (Wildman–Crippen LogP) is 4.52. The molecule has 0 aliphatic carbocycles. The molecule has 150 valence electrons. The van der Waals surface area contributed by atoms with Gasteiger partial charge in [0.1, 0.15) is 17.6 Å². The molecule has 1 N–H and O–H groups in total. The first kappa shape index (κ1) is 20.7. The number of amides is 1. The van der Waals surface area contributed by atoms with Crippen LogP contribution in [0.1, 0.15) is 22.7 Å². The number of hydrogen-bond acceptors (Lipinski definition) is 4. The topological polar surface area (TPSA) is 71.3 Å². The lowest BCUT2D eigenvalue weighted by atomic mass is 9.98. The molecular weight excluding hydrogens is 376 g/mol. The summed E-state index contributed by atoms with van der Waals surface area (Å²) >= 11 is 0. The Morgan fingerprint density at radius 2 is 1.60 bits per heavy atom. The fourth-order valence-electron chi connectivity index (χ4n) is 2.95. The maximum absolute atomic E-state index is 12.6. The van der Waals surface area contributed by atoms with Gasteiger partial charge in [-0.25, -0.2) is 0 Å². The number of nitrogens with one attached hydrogen (secondary N) is 1. The van der Waals surface area contributed by atoms with Gasteiger partial charge in [0.25, 0.3) is 0 Å². The van der Waals surface area contributed by atoms with Crippen LogP contribution in [-0.4, -0.2) is 19.6 Å². The number of methoxy groups -OCH3 is 1. The zero-order valence-corrected chi connectivity index (χ0v) is 16.6. The van der Waals surface area contributed by atoms with Gasteiger partial charge in [-0.3, -0.25) is 4.79 Å². The van der Waals surface area contributed by atoms with E-state index in [0.717, 1.165) is 22.4 Å². The van der Waals surface area contributed by atoms with E-state index in [4.69, 9.17) is 14.7 Å². The van der Waals surface area contributed by atoms with Crippen molar-refractivity contribution in [2.24, 2.45) is 0 Å². The molecule has 3 rings (SSSR count). The molecule has 3 aromatic rings. The lowest BCUT2D eigenvalue weighted by molar-refractivity contribution is -0.116. The van der Waals surface area contributed by atoms with Crippen molar-refractivity contribution in [2.75, 3.05) is 13.7 Å². The number of hydrogen-bond donors (Lipinski definition) is 1. The van der Waals surface area contributed by atoms with E-state index < -0.39 is 0 Å². The molecule has 0 saturated heterocycles. The van der Waals surface area contributed by atoms with Crippen LogP contribution in [0.3, 0.4) is 0 Å². The summed E-state index contributed by atoms with van der Waals surface area (Å²) in [5.41, 5.74) is 2.81. The molecule has 1 unspecified atom stereocenters. The van der Waals surface area contributed by atoms with Crippen LogP contribution in [0.15, 0.2) is 84.9 Å². The average molecular weight is 398 g/mol. The Labute approximate surface area is 176 Å². The quantitative estimate of drug-likeness (QED) is 0.567. The number of nitriles is 1. The van der Waals surface area contributed by atoms with Crippen molar-refractivity contribution >= 4 is 12.0 Å². The Bertz CT molecular complexity index is 1020. The number of nitrogens with zero attached hydrogens (tertiary/aromatic N) is 1. The van der Waals surface area contributed by atoms with Gasteiger partial charge >= 0.3 is 0 Å². The smallest absolute Gasteiger partial charge is 0.244 e.